The van der Waals surface area contributed by atoms with Gasteiger partial charge in [0.2, 0.25) is 5.91 Å². The molecule has 18 unspecified atom stereocenters. The maximum atomic E-state index is 14.4. The number of carbonyl (C=O) groups excluding carboxylic acids is 1. The second-order valence-electron chi connectivity index (χ2n) is 33.4. The zero-order chi connectivity index (χ0) is 88.5. The maximum Gasteiger partial charge on any atom is 0.217 e. The lowest BCUT2D eigenvalue weighted by atomic mass is 9.93. The van der Waals surface area contributed by atoms with E-state index >= 15 is 0 Å². The molecule has 9 aliphatic rings. The third-order valence-corrected chi connectivity index (χ3v) is 24.4. The molecule has 0 aliphatic carbocycles. The van der Waals surface area contributed by atoms with E-state index in [1.807, 2.05) is 6.92 Å². The fraction of sp³-hybridized carbons (Fsp3) is 0.989. The second-order valence-corrected chi connectivity index (χ2v) is 35.1. The molecule has 0 aromatic rings. The van der Waals surface area contributed by atoms with Crippen LogP contribution in [0.5, 0.6) is 0 Å². The van der Waals surface area contributed by atoms with E-state index in [0.29, 0.717) is 91.8 Å². The molecule has 1 N–H and O–H groups in total. The molecule has 9 heterocycles. The third-order valence-electron chi connectivity index (χ3n) is 23.4. The van der Waals surface area contributed by atoms with E-state index < -0.39 is 208 Å². The van der Waals surface area contributed by atoms with Crippen molar-refractivity contribution >= 4 is 33.6 Å². The van der Waals surface area contributed by atoms with Gasteiger partial charge in [-0.25, -0.2) is 0 Å². The van der Waals surface area contributed by atoms with E-state index in [4.69, 9.17) is 137 Å². The van der Waals surface area contributed by atoms with E-state index in [1.165, 1.54) is 6.92 Å². The standard InChI is InChI=1S/C87H159N4O30P3/c1-14-25-37-93-49-56-64(70(97-41-29-18-5)74(100-44-32-21-8)80(110-56)104-48-36-89-91-88)114-82-76(102-46-34-23-10)71(98-42-30-19-6)65(57(111-82)50-94-38-26-15-2)115-83-77(103-47-35-24-11)73(67-60(112-83)53-107-87(124)121-67)117-79-61(90-55(13)92)68(63-58(109-79)51-105-85(122)119-63)116-84-78(72(99-43-31-20-7)66-59(113-84)52-106-86(123)120-66)118-81-75(101-45-33-22-9)69(96-40-28-17-4)62(54(12)108-81)95-39-27-16-3/h54,56-87H,14-53,122-124H2,1-13H3,(H,90,92)/t54?,56?,57?,58?,59?,60?,61-,62+,63-,64+,65-,66-,67-,68?,69-,70?,71?,72?,73-,74-,75+,76-,77?,78-,79-,80+,81?,82-,83+,84-,85?,86?,87?/m0/s1. The minimum Gasteiger partial charge on any atom is -0.379 e. The molecule has 37 heteroatoms. The number of fused-ring (bicyclic) bond motifs is 3. The first-order chi connectivity index (χ1) is 60.5. The Morgan fingerprint density at radius 3 is 1.06 bits per heavy atom. The highest BCUT2D eigenvalue weighted by Crippen LogP contribution is 2.45. The average molecular weight is 1830 g/mol. The fourth-order valence-corrected chi connectivity index (χ4v) is 17.3. The Labute approximate surface area is 745 Å². The van der Waals surface area contributed by atoms with Crippen molar-refractivity contribution in [2.24, 2.45) is 5.11 Å². The summed E-state index contributed by atoms with van der Waals surface area (Å²) in [6.07, 6.45) is -10.2. The van der Waals surface area contributed by atoms with Crippen LogP contribution in [-0.4, -0.2) is 327 Å². The SMILES string of the molecule is CCCCOCC1O[C@@H](OCCN=[N+]=[N-])[C@@H](OCCCC)C(OCCCC)[C@@H]1O[C@@H]1OC(COCCCC)[C@H](O[C@H]2OC3COC(P)O[C@@H]3[C@H](O[C@@H]3OC4COC(P)O[C@@H]4C(O[C@@H]4OC5COC(P)O[C@@H]5C(OCCCC)[C@@H]4OC4OC(C)[C@@H](OCCCC)[C@H](OCCCC)[C@H]4OCCCC)[C@@H]3NC(C)=O)C2OCCCC)C(OCCCC)[C@@H]1OCCCC. The largest absolute Gasteiger partial charge is 0.379 e. The predicted octanol–water partition coefficient (Wildman–Crippen LogP) is 12.1. The van der Waals surface area contributed by atoms with Crippen LogP contribution in [0.1, 0.15) is 231 Å². The van der Waals surface area contributed by atoms with E-state index in [-0.39, 0.29) is 52.8 Å². The number of hydrogen-bond donors (Lipinski definition) is 1. The summed E-state index contributed by atoms with van der Waals surface area (Å²) < 4.78 is 203. The van der Waals surface area contributed by atoms with Gasteiger partial charge in [0, 0.05) is 91.1 Å². The number of amides is 1. The highest BCUT2D eigenvalue weighted by molar-refractivity contribution is 7.17. The van der Waals surface area contributed by atoms with Crippen molar-refractivity contribution < 1.29 is 142 Å². The maximum absolute atomic E-state index is 14.4. The summed E-state index contributed by atoms with van der Waals surface area (Å²) in [5, 5.41) is 7.01. The van der Waals surface area contributed by atoms with Crippen LogP contribution in [-0.2, 0) is 142 Å². The molecule has 722 valence electrons. The summed E-state index contributed by atoms with van der Waals surface area (Å²) in [4.78, 5) is 17.4. The van der Waals surface area contributed by atoms with Gasteiger partial charge in [-0.2, -0.15) is 0 Å². The van der Waals surface area contributed by atoms with Gasteiger partial charge >= 0.3 is 0 Å². The normalized spacial score (nSPS) is 37.6. The summed E-state index contributed by atoms with van der Waals surface area (Å²) in [6.45, 7) is 31.0. The van der Waals surface area contributed by atoms with Crippen molar-refractivity contribution in [2.75, 3.05) is 119 Å². The van der Waals surface area contributed by atoms with Crippen molar-refractivity contribution in [2.45, 2.75) is 434 Å². The Bertz CT molecular complexity index is 2880. The molecule has 36 atom stereocenters. The minimum atomic E-state index is -1.41. The first-order valence-electron chi connectivity index (χ1n) is 47.4. The monoisotopic (exact) mass is 1830 g/mol. The molecule has 1 amide bonds. The van der Waals surface area contributed by atoms with Crippen molar-refractivity contribution in [1.82, 2.24) is 5.32 Å². The number of hydrogen-bond acceptors (Lipinski definition) is 31. The topological polar surface area (TPSA) is 346 Å². The van der Waals surface area contributed by atoms with Crippen molar-refractivity contribution in [3.05, 3.63) is 10.4 Å². The molecular formula is C87H159N4O30P3. The van der Waals surface area contributed by atoms with Gasteiger partial charge in [0.25, 0.3) is 0 Å². The minimum absolute atomic E-state index is 0.00188. The molecule has 9 fully saturated rings. The molecule has 0 spiro atoms. The fourth-order valence-electron chi connectivity index (χ4n) is 16.5. The van der Waals surface area contributed by atoms with E-state index in [1.54, 1.807) is 0 Å². The first kappa shape index (κ1) is 107. The number of rotatable bonds is 61. The summed E-state index contributed by atoms with van der Waals surface area (Å²) in [7, 11) is 7.86. The first-order valence-corrected chi connectivity index (χ1v) is 49.4. The molecule has 0 saturated carbocycles. The van der Waals surface area contributed by atoms with Crippen LogP contribution < -0.4 is 5.32 Å². The van der Waals surface area contributed by atoms with Crippen LogP contribution in [0.4, 0.5) is 0 Å². The van der Waals surface area contributed by atoms with Crippen LogP contribution >= 0.6 is 27.7 Å². The Morgan fingerprint density at radius 2 is 0.645 bits per heavy atom. The van der Waals surface area contributed by atoms with E-state index in [9.17, 15) is 10.3 Å². The molecular weight excluding hydrogens is 1670 g/mol. The lowest BCUT2D eigenvalue weighted by molar-refractivity contribution is -0.419. The molecule has 9 aliphatic heterocycles. The lowest BCUT2D eigenvalue weighted by Crippen LogP contribution is -2.72. The van der Waals surface area contributed by atoms with Gasteiger partial charge in [-0.15, -0.1) is 0 Å². The van der Waals surface area contributed by atoms with Gasteiger partial charge in [0.15, 0.2) is 55.8 Å². The van der Waals surface area contributed by atoms with Gasteiger partial charge in [-0.05, 0) is 83.1 Å². The number of nitrogens with one attached hydrogen (secondary N) is 1. The Balaban J connectivity index is 1.14. The van der Waals surface area contributed by atoms with E-state index in [2.05, 4.69) is 119 Å². The van der Waals surface area contributed by atoms with Crippen LogP contribution in [0.25, 0.3) is 10.4 Å². The van der Waals surface area contributed by atoms with Gasteiger partial charge in [-0.1, -0.05) is 180 Å². The third kappa shape index (κ3) is 32.0. The Morgan fingerprint density at radius 1 is 0.339 bits per heavy atom. The number of nitrogens with zero attached hydrogens (tertiary/aromatic N) is 3. The summed E-state index contributed by atoms with van der Waals surface area (Å²) >= 11 is 0. The highest BCUT2D eigenvalue weighted by atomic mass is 31.0. The molecule has 0 aromatic carbocycles. The van der Waals surface area contributed by atoms with Crippen molar-refractivity contribution in [3.8, 4) is 0 Å². The zero-order valence-electron chi connectivity index (χ0n) is 76.7. The molecule has 0 aromatic heterocycles. The number of unbranched alkanes of at least 4 members (excludes halogenated alkanes) is 11. The average Bonchev–Trinajstić information content (AvgIpc) is 0.747. The smallest absolute Gasteiger partial charge is 0.217 e. The molecule has 124 heavy (non-hydrogen) atoms. The van der Waals surface area contributed by atoms with Crippen LogP contribution in [0.2, 0.25) is 0 Å². The van der Waals surface area contributed by atoms with E-state index in [0.717, 1.165) is 116 Å². The summed E-state index contributed by atoms with van der Waals surface area (Å²) in [6, 6.07) is -3.61. The van der Waals surface area contributed by atoms with Gasteiger partial charge in [0.1, 0.15) is 140 Å². The number of ether oxygens (including phenoxy) is 29. The van der Waals surface area contributed by atoms with Crippen LogP contribution in [0, 0.1) is 0 Å². The Kier molecular flexibility index (Phi) is 51.2. The molecule has 0 radical (unpaired) electrons. The molecule has 9 rings (SSSR count). The number of azide groups is 1. The molecule has 34 nitrogen and oxygen atoms in total. The van der Waals surface area contributed by atoms with Crippen LogP contribution in [0.15, 0.2) is 5.11 Å². The molecule has 9 saturated heterocycles. The Hall–Kier alpha value is -1.09. The highest BCUT2D eigenvalue weighted by Gasteiger charge is 2.63. The number of carbonyl (C=O) groups is 1. The van der Waals surface area contributed by atoms with Crippen LogP contribution in [0.3, 0.4) is 0 Å². The zero-order valence-corrected chi connectivity index (χ0v) is 80.1. The quantitative estimate of drug-likeness (QED) is 0.0194. The summed E-state index contributed by atoms with van der Waals surface area (Å²) in [5.74, 6) is -0.446. The molecule has 0 bridgehead atoms. The lowest BCUT2D eigenvalue weighted by Gasteiger charge is -2.55. The second kappa shape index (κ2) is 59.6. The van der Waals surface area contributed by atoms with Gasteiger partial charge in [-0.3, -0.25) is 4.79 Å². The van der Waals surface area contributed by atoms with Crippen molar-refractivity contribution in [1.29, 1.82) is 0 Å². The van der Waals surface area contributed by atoms with Gasteiger partial charge < -0.3 is 143 Å². The predicted molar refractivity (Wildman–Crippen MR) is 466 cm³/mol. The van der Waals surface area contributed by atoms with Gasteiger partial charge in [0.05, 0.1) is 45.7 Å². The van der Waals surface area contributed by atoms with Crippen molar-refractivity contribution in [3.63, 3.8) is 0 Å². The summed E-state index contributed by atoms with van der Waals surface area (Å²) in [5.41, 5.74) is 9.30.